The fourth-order valence-electron chi connectivity index (χ4n) is 2.26. The van der Waals surface area contributed by atoms with Crippen LogP contribution >= 0.6 is 23.2 Å². The Labute approximate surface area is 136 Å². The second-order valence-corrected chi connectivity index (χ2v) is 5.54. The molecule has 0 amide bonds. The second-order valence-electron chi connectivity index (χ2n) is 4.70. The van der Waals surface area contributed by atoms with Gasteiger partial charge in [-0.25, -0.2) is 4.39 Å². The predicted molar refractivity (Wildman–Crippen MR) is 86.1 cm³/mol. The number of carbonyl (C=O) groups excluding carboxylic acids is 1. The standard InChI is InChI=1S/C17H10Cl2FNO/c18-10-5-6-11(14(19)9-10)17(22)13-7-8-21-16(13)12-3-1-2-4-15(12)20/h1-9,21H. The molecular weight excluding hydrogens is 324 g/mol. The lowest BCUT2D eigenvalue weighted by Crippen LogP contribution is -2.03. The maximum atomic E-state index is 14.0. The summed E-state index contributed by atoms with van der Waals surface area (Å²) >= 11 is 11.9. The van der Waals surface area contributed by atoms with Crippen LogP contribution in [0.15, 0.2) is 54.7 Å². The molecule has 0 fully saturated rings. The molecule has 0 atom stereocenters. The summed E-state index contributed by atoms with van der Waals surface area (Å²) in [5, 5.41) is 0.711. The monoisotopic (exact) mass is 333 g/mol. The first-order valence-electron chi connectivity index (χ1n) is 6.50. The third-order valence-corrected chi connectivity index (χ3v) is 3.86. The lowest BCUT2D eigenvalue weighted by Gasteiger charge is -2.07. The third kappa shape index (κ3) is 2.65. The second kappa shape index (κ2) is 5.95. The van der Waals surface area contributed by atoms with Crippen molar-refractivity contribution in [2.75, 3.05) is 0 Å². The summed E-state index contributed by atoms with van der Waals surface area (Å²) in [7, 11) is 0. The quantitative estimate of drug-likeness (QED) is 0.643. The molecule has 0 spiro atoms. The van der Waals surface area contributed by atoms with Crippen molar-refractivity contribution in [2.24, 2.45) is 0 Å². The molecule has 1 heterocycles. The minimum absolute atomic E-state index is 0.262. The van der Waals surface area contributed by atoms with Gasteiger partial charge in [-0.05, 0) is 36.4 Å². The summed E-state index contributed by atoms with van der Waals surface area (Å²) in [4.78, 5) is 15.6. The SMILES string of the molecule is O=C(c1ccc(Cl)cc1Cl)c1cc[nH]c1-c1ccccc1F. The van der Waals surface area contributed by atoms with Crippen LogP contribution in [-0.4, -0.2) is 10.8 Å². The molecule has 0 bridgehead atoms. The molecule has 2 nitrogen and oxygen atoms in total. The van der Waals surface area contributed by atoms with Crippen molar-refractivity contribution in [1.29, 1.82) is 0 Å². The lowest BCUT2D eigenvalue weighted by atomic mass is 10.00. The van der Waals surface area contributed by atoms with Gasteiger partial charge in [-0.15, -0.1) is 0 Å². The van der Waals surface area contributed by atoms with Crippen LogP contribution in [-0.2, 0) is 0 Å². The Morgan fingerprint density at radius 1 is 1.00 bits per heavy atom. The lowest BCUT2D eigenvalue weighted by molar-refractivity contribution is 0.103. The number of H-pyrrole nitrogens is 1. The maximum Gasteiger partial charge on any atom is 0.196 e. The van der Waals surface area contributed by atoms with Gasteiger partial charge in [0.2, 0.25) is 0 Å². The van der Waals surface area contributed by atoms with Gasteiger partial charge in [0.05, 0.1) is 10.7 Å². The minimum Gasteiger partial charge on any atom is -0.360 e. The van der Waals surface area contributed by atoms with E-state index in [9.17, 15) is 9.18 Å². The third-order valence-electron chi connectivity index (χ3n) is 3.31. The molecular formula is C17H10Cl2FNO. The van der Waals surface area contributed by atoms with E-state index >= 15 is 0 Å². The minimum atomic E-state index is -0.402. The van der Waals surface area contributed by atoms with Crippen LogP contribution in [0.1, 0.15) is 15.9 Å². The zero-order chi connectivity index (χ0) is 15.7. The molecule has 0 aliphatic rings. The molecule has 0 saturated heterocycles. The Morgan fingerprint density at radius 2 is 1.77 bits per heavy atom. The van der Waals surface area contributed by atoms with E-state index in [-0.39, 0.29) is 10.8 Å². The number of nitrogens with one attached hydrogen (secondary N) is 1. The first-order valence-corrected chi connectivity index (χ1v) is 7.25. The van der Waals surface area contributed by atoms with Crippen molar-refractivity contribution in [3.05, 3.63) is 81.7 Å². The topological polar surface area (TPSA) is 32.9 Å². The van der Waals surface area contributed by atoms with Gasteiger partial charge in [-0.3, -0.25) is 4.79 Å². The molecule has 5 heteroatoms. The van der Waals surface area contributed by atoms with E-state index < -0.39 is 5.82 Å². The molecule has 3 rings (SSSR count). The molecule has 2 aromatic carbocycles. The van der Waals surface area contributed by atoms with Crippen molar-refractivity contribution in [3.63, 3.8) is 0 Å². The molecule has 110 valence electrons. The van der Waals surface area contributed by atoms with Gasteiger partial charge in [-0.1, -0.05) is 35.3 Å². The van der Waals surface area contributed by atoms with Crippen LogP contribution in [0.2, 0.25) is 10.0 Å². The molecule has 1 aromatic heterocycles. The van der Waals surface area contributed by atoms with Crippen LogP contribution in [0.3, 0.4) is 0 Å². The first kappa shape index (κ1) is 14.8. The Balaban J connectivity index is 2.09. The molecule has 0 saturated carbocycles. The van der Waals surface area contributed by atoms with Crippen LogP contribution in [0.25, 0.3) is 11.3 Å². The van der Waals surface area contributed by atoms with Crippen molar-refractivity contribution in [3.8, 4) is 11.3 Å². The summed E-state index contributed by atoms with van der Waals surface area (Å²) < 4.78 is 14.0. The molecule has 0 aliphatic heterocycles. The fourth-order valence-corrected chi connectivity index (χ4v) is 2.76. The first-order chi connectivity index (χ1) is 10.6. The number of aromatic amines is 1. The van der Waals surface area contributed by atoms with E-state index in [2.05, 4.69) is 4.98 Å². The van der Waals surface area contributed by atoms with Crippen LogP contribution in [0, 0.1) is 5.82 Å². The van der Waals surface area contributed by atoms with Crippen molar-refractivity contribution in [1.82, 2.24) is 4.98 Å². The largest absolute Gasteiger partial charge is 0.360 e. The highest BCUT2D eigenvalue weighted by Crippen LogP contribution is 2.29. The average molecular weight is 334 g/mol. The number of carbonyl (C=O) groups is 1. The Kier molecular flexibility index (Phi) is 4.01. The molecule has 0 radical (unpaired) electrons. The van der Waals surface area contributed by atoms with Crippen molar-refractivity contribution >= 4 is 29.0 Å². The number of rotatable bonds is 3. The Hall–Kier alpha value is -2.10. The number of aromatic nitrogens is 1. The van der Waals surface area contributed by atoms with E-state index in [0.717, 1.165) is 0 Å². The summed E-state index contributed by atoms with van der Waals surface area (Å²) in [6.45, 7) is 0. The van der Waals surface area contributed by atoms with Gasteiger partial charge in [0, 0.05) is 27.9 Å². The van der Waals surface area contributed by atoms with Gasteiger partial charge in [0.25, 0.3) is 0 Å². The Morgan fingerprint density at radius 3 is 2.50 bits per heavy atom. The van der Waals surface area contributed by atoms with Gasteiger partial charge >= 0.3 is 0 Å². The summed E-state index contributed by atoms with van der Waals surface area (Å²) in [6.07, 6.45) is 1.60. The number of benzene rings is 2. The summed E-state index contributed by atoms with van der Waals surface area (Å²) in [5.41, 5.74) is 1.44. The molecule has 0 unspecified atom stereocenters. The van der Waals surface area contributed by atoms with Gasteiger partial charge < -0.3 is 4.98 Å². The Bertz CT molecular complexity index is 857. The zero-order valence-corrected chi connectivity index (χ0v) is 12.8. The van der Waals surface area contributed by atoms with Crippen LogP contribution < -0.4 is 0 Å². The zero-order valence-electron chi connectivity index (χ0n) is 11.2. The summed E-state index contributed by atoms with van der Waals surface area (Å²) in [6, 6.07) is 12.5. The summed E-state index contributed by atoms with van der Waals surface area (Å²) in [5.74, 6) is -0.692. The molecule has 22 heavy (non-hydrogen) atoms. The van der Waals surface area contributed by atoms with Gasteiger partial charge in [0.1, 0.15) is 5.82 Å². The highest BCUT2D eigenvalue weighted by molar-refractivity contribution is 6.37. The molecule has 3 aromatic rings. The average Bonchev–Trinajstić information content (AvgIpc) is 2.96. The highest BCUT2D eigenvalue weighted by atomic mass is 35.5. The van der Waals surface area contributed by atoms with Crippen LogP contribution in [0.5, 0.6) is 0 Å². The fraction of sp³-hybridized carbons (Fsp3) is 0. The molecule has 0 aliphatic carbocycles. The van der Waals surface area contributed by atoms with E-state index in [0.29, 0.717) is 27.4 Å². The predicted octanol–water partition coefficient (Wildman–Crippen LogP) is 5.36. The molecule has 1 N–H and O–H groups in total. The van der Waals surface area contributed by atoms with E-state index in [1.807, 2.05) is 0 Å². The van der Waals surface area contributed by atoms with E-state index in [1.54, 1.807) is 42.6 Å². The number of ketones is 1. The number of hydrogen-bond donors (Lipinski definition) is 1. The highest BCUT2D eigenvalue weighted by Gasteiger charge is 2.19. The van der Waals surface area contributed by atoms with E-state index in [1.165, 1.54) is 12.1 Å². The normalized spacial score (nSPS) is 10.7. The van der Waals surface area contributed by atoms with Gasteiger partial charge in [0.15, 0.2) is 5.78 Å². The maximum absolute atomic E-state index is 14.0. The van der Waals surface area contributed by atoms with Crippen molar-refractivity contribution < 1.29 is 9.18 Å². The smallest absolute Gasteiger partial charge is 0.196 e. The van der Waals surface area contributed by atoms with Crippen LogP contribution in [0.4, 0.5) is 4.39 Å². The van der Waals surface area contributed by atoms with E-state index in [4.69, 9.17) is 23.2 Å². The number of halogens is 3. The van der Waals surface area contributed by atoms with Gasteiger partial charge in [-0.2, -0.15) is 0 Å². The number of hydrogen-bond acceptors (Lipinski definition) is 1. The van der Waals surface area contributed by atoms with Crippen molar-refractivity contribution in [2.45, 2.75) is 0 Å².